The maximum absolute atomic E-state index is 11.3. The van der Waals surface area contributed by atoms with E-state index in [0.29, 0.717) is 11.8 Å². The van der Waals surface area contributed by atoms with E-state index in [2.05, 4.69) is 20.5 Å². The standard InChI is InChI=1S/C12H15N5O4/c13-17-14-6-5-10(18)12(20)8-3-1-2-4-9(8)16-11(19)7-15-21/h1-4,7,10,12,18,20-21H,5-6H2,(H,16,19). The predicted molar refractivity (Wildman–Crippen MR) is 74.9 cm³/mol. The van der Waals surface area contributed by atoms with Crippen molar-refractivity contribution in [2.45, 2.75) is 18.6 Å². The maximum atomic E-state index is 11.3. The molecule has 1 aromatic carbocycles. The van der Waals surface area contributed by atoms with Crippen molar-refractivity contribution >= 4 is 17.8 Å². The molecule has 21 heavy (non-hydrogen) atoms. The number of amides is 1. The van der Waals surface area contributed by atoms with Crippen LogP contribution in [0.4, 0.5) is 5.69 Å². The highest BCUT2D eigenvalue weighted by Gasteiger charge is 2.21. The second kappa shape index (κ2) is 8.54. The highest BCUT2D eigenvalue weighted by Crippen LogP contribution is 2.26. The van der Waals surface area contributed by atoms with E-state index in [-0.39, 0.29) is 18.7 Å². The highest BCUT2D eigenvalue weighted by molar-refractivity contribution is 6.31. The maximum Gasteiger partial charge on any atom is 0.270 e. The average molecular weight is 293 g/mol. The van der Waals surface area contributed by atoms with Crippen molar-refractivity contribution in [1.82, 2.24) is 0 Å². The number of carbonyl (C=O) groups is 1. The van der Waals surface area contributed by atoms with Crippen LogP contribution in [0.15, 0.2) is 34.5 Å². The average Bonchev–Trinajstić information content (AvgIpc) is 2.47. The third-order valence-corrected chi connectivity index (χ3v) is 2.66. The van der Waals surface area contributed by atoms with Crippen molar-refractivity contribution in [1.29, 1.82) is 0 Å². The van der Waals surface area contributed by atoms with Crippen molar-refractivity contribution in [3.05, 3.63) is 40.3 Å². The van der Waals surface area contributed by atoms with E-state index in [1.807, 2.05) is 0 Å². The fourth-order valence-corrected chi connectivity index (χ4v) is 1.69. The monoisotopic (exact) mass is 293 g/mol. The number of nitrogens with one attached hydrogen (secondary N) is 1. The third kappa shape index (κ3) is 5.11. The SMILES string of the molecule is [N-]=[N+]=NCCC(O)C(O)c1ccccc1NC(=O)C=NO. The van der Waals surface area contributed by atoms with Crippen LogP contribution in [-0.4, -0.2) is 40.2 Å². The zero-order valence-electron chi connectivity index (χ0n) is 11.0. The number of hydrogen-bond acceptors (Lipinski definition) is 6. The first kappa shape index (κ1) is 16.4. The Morgan fingerprint density at radius 3 is 2.81 bits per heavy atom. The number of anilines is 1. The number of aliphatic hydroxyl groups is 2. The van der Waals surface area contributed by atoms with E-state index in [0.717, 1.165) is 0 Å². The summed E-state index contributed by atoms with van der Waals surface area (Å²) in [4.78, 5) is 13.9. The van der Waals surface area contributed by atoms with Crippen LogP contribution in [0.25, 0.3) is 10.4 Å². The minimum atomic E-state index is -1.26. The van der Waals surface area contributed by atoms with E-state index in [1.54, 1.807) is 12.1 Å². The number of hydrogen-bond donors (Lipinski definition) is 4. The lowest BCUT2D eigenvalue weighted by Gasteiger charge is -2.20. The van der Waals surface area contributed by atoms with Gasteiger partial charge in [0.25, 0.3) is 5.91 Å². The van der Waals surface area contributed by atoms with Gasteiger partial charge in [-0.25, -0.2) is 0 Å². The van der Waals surface area contributed by atoms with Crippen molar-refractivity contribution in [2.75, 3.05) is 11.9 Å². The van der Waals surface area contributed by atoms with Crippen LogP contribution >= 0.6 is 0 Å². The Kier molecular flexibility index (Phi) is 6.69. The Morgan fingerprint density at radius 2 is 2.14 bits per heavy atom. The molecule has 0 spiro atoms. The van der Waals surface area contributed by atoms with E-state index in [9.17, 15) is 15.0 Å². The van der Waals surface area contributed by atoms with Crippen molar-refractivity contribution in [3.63, 3.8) is 0 Å². The molecule has 1 aromatic rings. The largest absolute Gasteiger partial charge is 0.411 e. The van der Waals surface area contributed by atoms with Crippen LogP contribution in [0.5, 0.6) is 0 Å². The molecule has 0 bridgehead atoms. The van der Waals surface area contributed by atoms with Gasteiger partial charge in [-0.2, -0.15) is 0 Å². The molecule has 1 amide bonds. The van der Waals surface area contributed by atoms with E-state index < -0.39 is 18.1 Å². The van der Waals surface area contributed by atoms with E-state index in [4.69, 9.17) is 10.7 Å². The quantitative estimate of drug-likeness (QED) is 0.149. The molecule has 1 rings (SSSR count). The first-order valence-corrected chi connectivity index (χ1v) is 6.04. The summed E-state index contributed by atoms with van der Waals surface area (Å²) in [7, 11) is 0. The molecule has 112 valence electrons. The van der Waals surface area contributed by atoms with Gasteiger partial charge in [0.2, 0.25) is 0 Å². The molecule has 0 fully saturated rings. The van der Waals surface area contributed by atoms with Gasteiger partial charge < -0.3 is 20.7 Å². The Balaban J connectivity index is 2.85. The molecule has 0 aromatic heterocycles. The summed E-state index contributed by atoms with van der Waals surface area (Å²) in [6.07, 6.45) is -1.67. The summed E-state index contributed by atoms with van der Waals surface area (Å²) in [5, 5.41) is 36.5. The summed E-state index contributed by atoms with van der Waals surface area (Å²) in [5.74, 6) is -0.680. The van der Waals surface area contributed by atoms with Crippen LogP contribution < -0.4 is 5.32 Å². The fraction of sp³-hybridized carbons (Fsp3) is 0.333. The van der Waals surface area contributed by atoms with Gasteiger partial charge in [0.1, 0.15) is 12.3 Å². The molecular formula is C12H15N5O4. The lowest BCUT2D eigenvalue weighted by atomic mass is 10.0. The summed E-state index contributed by atoms with van der Waals surface area (Å²) in [5.41, 5.74) is 8.74. The second-order valence-electron chi connectivity index (χ2n) is 4.08. The molecule has 0 saturated heterocycles. The molecule has 9 nitrogen and oxygen atoms in total. The number of azide groups is 1. The Labute approximate surface area is 120 Å². The van der Waals surface area contributed by atoms with Gasteiger partial charge in [-0.05, 0) is 18.0 Å². The van der Waals surface area contributed by atoms with Gasteiger partial charge in [-0.3, -0.25) is 4.79 Å². The molecule has 0 aliphatic heterocycles. The lowest BCUT2D eigenvalue weighted by Crippen LogP contribution is -2.22. The van der Waals surface area contributed by atoms with Gasteiger partial charge in [0.05, 0.1) is 6.10 Å². The molecular weight excluding hydrogens is 278 g/mol. The zero-order chi connectivity index (χ0) is 15.7. The van der Waals surface area contributed by atoms with Crippen LogP contribution in [0.1, 0.15) is 18.1 Å². The van der Waals surface area contributed by atoms with Gasteiger partial charge in [-0.1, -0.05) is 28.5 Å². The predicted octanol–water partition coefficient (Wildman–Crippen LogP) is 1.18. The van der Waals surface area contributed by atoms with Crippen LogP contribution in [0.3, 0.4) is 0 Å². The molecule has 0 aliphatic carbocycles. The molecule has 0 aliphatic rings. The first-order valence-electron chi connectivity index (χ1n) is 6.04. The topological polar surface area (TPSA) is 151 Å². The number of oxime groups is 1. The molecule has 0 radical (unpaired) electrons. The van der Waals surface area contributed by atoms with Crippen molar-refractivity contribution < 1.29 is 20.2 Å². The summed E-state index contributed by atoms with van der Waals surface area (Å²) < 4.78 is 0. The molecule has 4 N–H and O–H groups in total. The zero-order valence-corrected chi connectivity index (χ0v) is 11.0. The van der Waals surface area contributed by atoms with Gasteiger partial charge in [0, 0.05) is 22.7 Å². The Hall–Kier alpha value is -2.61. The summed E-state index contributed by atoms with van der Waals surface area (Å²) >= 11 is 0. The number of aliphatic hydroxyl groups excluding tert-OH is 2. The second-order valence-corrected chi connectivity index (χ2v) is 4.08. The molecule has 9 heteroatoms. The highest BCUT2D eigenvalue weighted by atomic mass is 16.4. The van der Waals surface area contributed by atoms with Gasteiger partial charge in [0.15, 0.2) is 0 Å². The van der Waals surface area contributed by atoms with Crippen LogP contribution in [0, 0.1) is 0 Å². The number of nitrogens with zero attached hydrogens (tertiary/aromatic N) is 4. The van der Waals surface area contributed by atoms with Crippen LogP contribution in [-0.2, 0) is 4.79 Å². The summed E-state index contributed by atoms with van der Waals surface area (Å²) in [6.45, 7) is 0.0421. The minimum Gasteiger partial charge on any atom is -0.411 e. The fourth-order valence-electron chi connectivity index (χ4n) is 1.69. The van der Waals surface area contributed by atoms with E-state index in [1.165, 1.54) is 12.1 Å². The molecule has 0 saturated carbocycles. The van der Waals surface area contributed by atoms with Crippen molar-refractivity contribution in [3.8, 4) is 0 Å². The molecule has 2 atom stereocenters. The number of carbonyl (C=O) groups excluding carboxylic acids is 1. The summed E-state index contributed by atoms with van der Waals surface area (Å²) in [6, 6.07) is 6.33. The van der Waals surface area contributed by atoms with Gasteiger partial charge in [-0.15, -0.1) is 0 Å². The number of rotatable bonds is 7. The van der Waals surface area contributed by atoms with Gasteiger partial charge >= 0.3 is 0 Å². The number of benzene rings is 1. The Bertz CT molecular complexity index is 556. The Morgan fingerprint density at radius 1 is 1.43 bits per heavy atom. The molecule has 0 heterocycles. The molecule has 2 unspecified atom stereocenters. The first-order chi connectivity index (χ1) is 10.1. The third-order valence-electron chi connectivity index (χ3n) is 2.66. The van der Waals surface area contributed by atoms with Crippen LogP contribution in [0.2, 0.25) is 0 Å². The lowest BCUT2D eigenvalue weighted by molar-refractivity contribution is -0.110. The minimum absolute atomic E-state index is 0.0421. The normalized spacial score (nSPS) is 13.4. The smallest absolute Gasteiger partial charge is 0.270 e. The van der Waals surface area contributed by atoms with Crippen molar-refractivity contribution in [2.24, 2.45) is 10.3 Å². The van der Waals surface area contributed by atoms with E-state index >= 15 is 0 Å². The number of para-hydroxylation sites is 1.